The van der Waals surface area contributed by atoms with Crippen LogP contribution in [0.5, 0.6) is 0 Å². The van der Waals surface area contributed by atoms with Gasteiger partial charge in [0.1, 0.15) is 5.76 Å². The van der Waals surface area contributed by atoms with Crippen molar-refractivity contribution in [2.75, 3.05) is 33.9 Å². The molecule has 0 unspecified atom stereocenters. The highest BCUT2D eigenvalue weighted by molar-refractivity contribution is 5.86. The number of carbonyl (C=O) groups is 1. The third kappa shape index (κ3) is 4.84. The van der Waals surface area contributed by atoms with Crippen LogP contribution in [0.2, 0.25) is 0 Å². The number of carbonyl (C=O) groups excluding carboxylic acids is 1. The molecule has 0 radical (unpaired) electrons. The van der Waals surface area contributed by atoms with Gasteiger partial charge in [-0.05, 0) is 18.2 Å². The maximum absolute atomic E-state index is 11.1. The predicted octanol–water partition coefficient (Wildman–Crippen LogP) is 1.32. The van der Waals surface area contributed by atoms with Crippen LogP contribution in [-0.4, -0.2) is 39.9 Å². The molecule has 0 spiro atoms. The summed E-state index contributed by atoms with van der Waals surface area (Å²) in [6.45, 7) is 2.20. The van der Waals surface area contributed by atoms with Gasteiger partial charge in [0.05, 0.1) is 13.7 Å². The second-order valence-corrected chi connectivity index (χ2v) is 3.29. The summed E-state index contributed by atoms with van der Waals surface area (Å²) in [5, 5.41) is 3.15. The molecule has 0 atom stereocenters. The van der Waals surface area contributed by atoms with Crippen LogP contribution in [0.3, 0.4) is 0 Å². The Morgan fingerprint density at radius 3 is 3.00 bits per heavy atom. The van der Waals surface area contributed by atoms with Gasteiger partial charge < -0.3 is 19.2 Å². The van der Waals surface area contributed by atoms with Crippen LogP contribution in [-0.2, 0) is 9.47 Å². The van der Waals surface area contributed by atoms with E-state index in [1.807, 2.05) is 6.08 Å². The maximum Gasteiger partial charge on any atom is 0.373 e. The molecule has 0 aliphatic rings. The lowest BCUT2D eigenvalue weighted by molar-refractivity contribution is 0.0564. The van der Waals surface area contributed by atoms with Crippen LogP contribution in [0.4, 0.5) is 0 Å². The van der Waals surface area contributed by atoms with Crippen LogP contribution in [0.1, 0.15) is 16.3 Å². The maximum atomic E-state index is 11.1. The van der Waals surface area contributed by atoms with Gasteiger partial charge in [0.2, 0.25) is 5.76 Å². The van der Waals surface area contributed by atoms with E-state index in [4.69, 9.17) is 9.15 Å². The van der Waals surface area contributed by atoms with Crippen LogP contribution in [0.25, 0.3) is 6.08 Å². The van der Waals surface area contributed by atoms with Gasteiger partial charge in [0, 0.05) is 20.2 Å². The zero-order chi connectivity index (χ0) is 12.5. The number of rotatable bonds is 7. The SMILES string of the molecule is COCCNCC=Cc1ccc(C(=O)OC)o1. The Hall–Kier alpha value is -1.59. The molecule has 5 heteroatoms. The lowest BCUT2D eigenvalue weighted by Crippen LogP contribution is -2.18. The van der Waals surface area contributed by atoms with Crippen molar-refractivity contribution in [3.8, 4) is 0 Å². The molecule has 1 N–H and O–H groups in total. The van der Waals surface area contributed by atoms with E-state index in [0.29, 0.717) is 12.4 Å². The minimum atomic E-state index is -0.470. The van der Waals surface area contributed by atoms with Crippen LogP contribution in [0.15, 0.2) is 22.6 Å². The monoisotopic (exact) mass is 239 g/mol. The van der Waals surface area contributed by atoms with E-state index >= 15 is 0 Å². The van der Waals surface area contributed by atoms with Gasteiger partial charge in [-0.1, -0.05) is 6.08 Å². The van der Waals surface area contributed by atoms with Crippen molar-refractivity contribution in [2.45, 2.75) is 0 Å². The summed E-state index contributed by atoms with van der Waals surface area (Å²) in [5.74, 6) is 0.362. The molecule has 1 aromatic heterocycles. The Balaban J connectivity index is 2.33. The summed E-state index contributed by atoms with van der Waals surface area (Å²) in [6.07, 6.45) is 3.71. The van der Waals surface area contributed by atoms with Gasteiger partial charge in [-0.3, -0.25) is 0 Å². The van der Waals surface area contributed by atoms with Crippen molar-refractivity contribution in [1.82, 2.24) is 5.32 Å². The van der Waals surface area contributed by atoms with Crippen molar-refractivity contribution in [3.63, 3.8) is 0 Å². The lowest BCUT2D eigenvalue weighted by Gasteiger charge is -1.98. The van der Waals surface area contributed by atoms with Crippen molar-refractivity contribution in [2.24, 2.45) is 0 Å². The fourth-order valence-electron chi connectivity index (χ4n) is 1.19. The number of hydrogen-bond acceptors (Lipinski definition) is 5. The topological polar surface area (TPSA) is 60.7 Å². The number of ether oxygens (including phenoxy) is 2. The van der Waals surface area contributed by atoms with E-state index in [-0.39, 0.29) is 5.76 Å². The normalized spacial score (nSPS) is 10.9. The first kappa shape index (κ1) is 13.5. The highest BCUT2D eigenvalue weighted by Gasteiger charge is 2.09. The first-order chi connectivity index (χ1) is 8.27. The van der Waals surface area contributed by atoms with E-state index in [2.05, 4.69) is 10.1 Å². The lowest BCUT2D eigenvalue weighted by atomic mass is 10.4. The third-order valence-corrected chi connectivity index (χ3v) is 2.04. The number of nitrogens with one attached hydrogen (secondary N) is 1. The summed E-state index contributed by atoms with van der Waals surface area (Å²) in [4.78, 5) is 11.1. The van der Waals surface area contributed by atoms with Crippen LogP contribution in [0, 0.1) is 0 Å². The van der Waals surface area contributed by atoms with E-state index in [1.54, 1.807) is 25.3 Å². The molecule has 0 aliphatic heterocycles. The fraction of sp³-hybridized carbons (Fsp3) is 0.417. The molecule has 0 saturated carbocycles. The average molecular weight is 239 g/mol. The molecule has 0 fully saturated rings. The molecule has 1 heterocycles. The molecule has 94 valence electrons. The van der Waals surface area contributed by atoms with Crippen molar-refractivity contribution < 1.29 is 18.7 Å². The van der Waals surface area contributed by atoms with Gasteiger partial charge in [-0.25, -0.2) is 4.79 Å². The quantitative estimate of drug-likeness (QED) is 0.574. The molecule has 5 nitrogen and oxygen atoms in total. The van der Waals surface area contributed by atoms with Crippen LogP contribution >= 0.6 is 0 Å². The van der Waals surface area contributed by atoms with Gasteiger partial charge in [0.15, 0.2) is 0 Å². The average Bonchev–Trinajstić information content (AvgIpc) is 2.81. The number of esters is 1. The molecule has 1 aromatic rings. The number of methoxy groups -OCH3 is 2. The minimum absolute atomic E-state index is 0.208. The van der Waals surface area contributed by atoms with E-state index in [9.17, 15) is 4.79 Å². The zero-order valence-corrected chi connectivity index (χ0v) is 10.1. The molecule has 0 saturated heterocycles. The second kappa shape index (κ2) is 7.65. The highest BCUT2D eigenvalue weighted by atomic mass is 16.5. The highest BCUT2D eigenvalue weighted by Crippen LogP contribution is 2.10. The Kier molecular flexibility index (Phi) is 6.06. The molecule has 17 heavy (non-hydrogen) atoms. The van der Waals surface area contributed by atoms with Gasteiger partial charge in [-0.2, -0.15) is 0 Å². The summed E-state index contributed by atoms with van der Waals surface area (Å²) >= 11 is 0. The predicted molar refractivity (Wildman–Crippen MR) is 63.8 cm³/mol. The van der Waals surface area contributed by atoms with E-state index in [0.717, 1.165) is 13.1 Å². The largest absolute Gasteiger partial charge is 0.463 e. The number of hydrogen-bond donors (Lipinski definition) is 1. The molecular weight excluding hydrogens is 222 g/mol. The Labute approximate surface area is 100 Å². The Morgan fingerprint density at radius 1 is 1.47 bits per heavy atom. The first-order valence-corrected chi connectivity index (χ1v) is 5.32. The molecule has 0 aromatic carbocycles. The second-order valence-electron chi connectivity index (χ2n) is 3.29. The summed E-state index contributed by atoms with van der Waals surface area (Å²) in [7, 11) is 2.98. The molecule has 0 bridgehead atoms. The van der Waals surface area contributed by atoms with E-state index < -0.39 is 5.97 Å². The van der Waals surface area contributed by atoms with Crippen molar-refractivity contribution in [1.29, 1.82) is 0 Å². The minimum Gasteiger partial charge on any atom is -0.463 e. The van der Waals surface area contributed by atoms with Crippen molar-refractivity contribution >= 4 is 12.0 Å². The molecular formula is C12H17NO4. The summed E-state index contributed by atoms with van der Waals surface area (Å²) < 4.78 is 14.7. The van der Waals surface area contributed by atoms with E-state index in [1.165, 1.54) is 7.11 Å². The Morgan fingerprint density at radius 2 is 2.29 bits per heavy atom. The first-order valence-electron chi connectivity index (χ1n) is 5.32. The van der Waals surface area contributed by atoms with Gasteiger partial charge in [0.25, 0.3) is 0 Å². The number of furan rings is 1. The van der Waals surface area contributed by atoms with Crippen molar-refractivity contribution in [3.05, 3.63) is 29.7 Å². The standard InChI is InChI=1S/C12H17NO4/c1-15-9-8-13-7-3-4-10-5-6-11(17-10)12(14)16-2/h3-6,13H,7-9H2,1-2H3. The molecule has 0 aliphatic carbocycles. The summed E-state index contributed by atoms with van der Waals surface area (Å²) in [6, 6.07) is 3.31. The zero-order valence-electron chi connectivity index (χ0n) is 10.1. The fourth-order valence-corrected chi connectivity index (χ4v) is 1.19. The van der Waals surface area contributed by atoms with Crippen LogP contribution < -0.4 is 5.32 Å². The molecule has 0 amide bonds. The van der Waals surface area contributed by atoms with Gasteiger partial charge in [-0.15, -0.1) is 0 Å². The third-order valence-electron chi connectivity index (χ3n) is 2.04. The molecule has 1 rings (SSSR count). The summed E-state index contributed by atoms with van der Waals surface area (Å²) in [5.41, 5.74) is 0. The smallest absolute Gasteiger partial charge is 0.373 e. The Bertz CT molecular complexity index is 370. The van der Waals surface area contributed by atoms with Gasteiger partial charge >= 0.3 is 5.97 Å².